The topological polar surface area (TPSA) is 3.24 Å². The molecule has 64 valence electrons. The van der Waals surface area contributed by atoms with E-state index in [2.05, 4.69) is 26.3 Å². The summed E-state index contributed by atoms with van der Waals surface area (Å²) in [6.45, 7) is 16.7. The molecule has 0 aromatic rings. The maximum absolute atomic E-state index is 3.82. The highest BCUT2D eigenvalue weighted by Crippen LogP contribution is 2.05. The van der Waals surface area contributed by atoms with Crippen molar-refractivity contribution in [2.75, 3.05) is 0 Å². The number of hydrogen-bond acceptors (Lipinski definition) is 1. The smallest absolute Gasteiger partial charge is 0.0377 e. The van der Waals surface area contributed by atoms with E-state index < -0.39 is 0 Å². The molecule has 0 fully saturated rings. The Morgan fingerprint density at radius 3 is 1.92 bits per heavy atom. The van der Waals surface area contributed by atoms with Gasteiger partial charge in [0.05, 0.1) is 0 Å². The van der Waals surface area contributed by atoms with E-state index in [1.165, 1.54) is 0 Å². The average molecular weight is 161 g/mol. The Hall–Kier alpha value is -1.50. The van der Waals surface area contributed by atoms with Crippen LogP contribution in [0, 0.1) is 0 Å². The van der Waals surface area contributed by atoms with Gasteiger partial charge in [-0.05, 0) is 13.0 Å². The second-order valence-corrected chi connectivity index (χ2v) is 2.44. The fourth-order valence-corrected chi connectivity index (χ4v) is 0.634. The maximum Gasteiger partial charge on any atom is 0.0377 e. The predicted octanol–water partition coefficient (Wildman–Crippen LogP) is 3.22. The molecule has 0 aromatic heterocycles. The summed E-state index contributed by atoms with van der Waals surface area (Å²) in [6, 6.07) is 0. The highest BCUT2D eigenvalue weighted by molar-refractivity contribution is 5.24. The van der Waals surface area contributed by atoms with Crippen LogP contribution in [-0.4, -0.2) is 4.90 Å². The van der Waals surface area contributed by atoms with Gasteiger partial charge in [-0.2, -0.15) is 0 Å². The lowest BCUT2D eigenvalue weighted by molar-refractivity contribution is 0.659. The first-order chi connectivity index (χ1) is 5.61. The van der Waals surface area contributed by atoms with E-state index in [1.54, 1.807) is 17.3 Å². The standard InChI is InChI=1S/C11H15N/c1-6-12(7-2)11(5)9-8-10(3)4/h6-9H,1-3,5H2,4H3/b9-8-. The third-order valence-electron chi connectivity index (χ3n) is 1.29. The molecule has 0 aliphatic rings. The summed E-state index contributed by atoms with van der Waals surface area (Å²) in [7, 11) is 0. The minimum absolute atomic E-state index is 0.822. The minimum Gasteiger partial charge on any atom is -0.326 e. The number of nitrogens with zero attached hydrogens (tertiary/aromatic N) is 1. The van der Waals surface area contributed by atoms with Crippen LogP contribution in [0.3, 0.4) is 0 Å². The summed E-state index contributed by atoms with van der Waals surface area (Å²) in [5.41, 5.74) is 1.81. The molecule has 0 amide bonds. The Bertz CT molecular complexity index is 225. The number of rotatable bonds is 5. The summed E-state index contributed by atoms with van der Waals surface area (Å²) in [6.07, 6.45) is 7.06. The lowest BCUT2D eigenvalue weighted by Gasteiger charge is -2.13. The number of hydrogen-bond donors (Lipinski definition) is 0. The Labute approximate surface area is 74.7 Å². The van der Waals surface area contributed by atoms with Crippen molar-refractivity contribution in [3.8, 4) is 0 Å². The summed E-state index contributed by atoms with van der Waals surface area (Å²) in [4.78, 5) is 1.74. The quantitative estimate of drug-likeness (QED) is 0.559. The Balaban J connectivity index is 4.28. The zero-order chi connectivity index (χ0) is 9.56. The van der Waals surface area contributed by atoms with Gasteiger partial charge in [0, 0.05) is 18.1 Å². The second kappa shape index (κ2) is 5.19. The normalized spacial score (nSPS) is 9.42. The van der Waals surface area contributed by atoms with Crippen molar-refractivity contribution < 1.29 is 0 Å². The largest absolute Gasteiger partial charge is 0.326 e. The molecular weight excluding hydrogens is 146 g/mol. The van der Waals surface area contributed by atoms with Gasteiger partial charge in [-0.25, -0.2) is 0 Å². The minimum atomic E-state index is 0.822. The van der Waals surface area contributed by atoms with Crippen molar-refractivity contribution in [2.45, 2.75) is 6.92 Å². The van der Waals surface area contributed by atoms with Gasteiger partial charge in [-0.3, -0.25) is 0 Å². The first-order valence-electron chi connectivity index (χ1n) is 3.67. The van der Waals surface area contributed by atoms with Gasteiger partial charge in [-0.1, -0.05) is 38.0 Å². The lowest BCUT2D eigenvalue weighted by Crippen LogP contribution is -2.04. The highest BCUT2D eigenvalue weighted by Gasteiger charge is 1.92. The van der Waals surface area contributed by atoms with Crippen molar-refractivity contribution in [1.82, 2.24) is 4.90 Å². The molecule has 1 nitrogen and oxygen atoms in total. The zero-order valence-corrected chi connectivity index (χ0v) is 7.59. The zero-order valence-electron chi connectivity index (χ0n) is 7.59. The molecule has 0 aliphatic carbocycles. The van der Waals surface area contributed by atoms with Crippen LogP contribution in [0.1, 0.15) is 6.92 Å². The van der Waals surface area contributed by atoms with E-state index in [-0.39, 0.29) is 0 Å². The van der Waals surface area contributed by atoms with Gasteiger partial charge < -0.3 is 4.90 Å². The monoisotopic (exact) mass is 161 g/mol. The molecule has 0 bridgehead atoms. The van der Waals surface area contributed by atoms with Crippen LogP contribution in [0.2, 0.25) is 0 Å². The van der Waals surface area contributed by atoms with Gasteiger partial charge in [0.15, 0.2) is 0 Å². The molecular formula is C11H15N. The third-order valence-corrected chi connectivity index (χ3v) is 1.29. The first-order valence-corrected chi connectivity index (χ1v) is 3.67. The van der Waals surface area contributed by atoms with Crippen molar-refractivity contribution in [3.63, 3.8) is 0 Å². The van der Waals surface area contributed by atoms with Crippen LogP contribution in [0.5, 0.6) is 0 Å². The molecule has 0 spiro atoms. The van der Waals surface area contributed by atoms with Crippen molar-refractivity contribution in [1.29, 1.82) is 0 Å². The van der Waals surface area contributed by atoms with Crippen LogP contribution in [0.25, 0.3) is 0 Å². The Morgan fingerprint density at radius 1 is 1.08 bits per heavy atom. The molecule has 0 unspecified atom stereocenters. The average Bonchev–Trinajstić information content (AvgIpc) is 2.03. The van der Waals surface area contributed by atoms with E-state index >= 15 is 0 Å². The molecule has 0 N–H and O–H groups in total. The van der Waals surface area contributed by atoms with Gasteiger partial charge in [0.1, 0.15) is 0 Å². The molecule has 0 radical (unpaired) electrons. The maximum atomic E-state index is 3.82. The van der Waals surface area contributed by atoms with Crippen molar-refractivity contribution >= 4 is 0 Å². The fourth-order valence-electron chi connectivity index (χ4n) is 0.634. The molecule has 0 heterocycles. The summed E-state index contributed by atoms with van der Waals surface area (Å²) >= 11 is 0. The summed E-state index contributed by atoms with van der Waals surface area (Å²) in [5, 5.41) is 0. The first kappa shape index (κ1) is 10.5. The molecule has 0 rings (SSSR count). The van der Waals surface area contributed by atoms with Gasteiger partial charge in [-0.15, -0.1) is 0 Å². The molecule has 0 atom stereocenters. The third kappa shape index (κ3) is 3.62. The molecule has 0 saturated carbocycles. The van der Waals surface area contributed by atoms with Crippen LogP contribution < -0.4 is 0 Å². The van der Waals surface area contributed by atoms with E-state index in [9.17, 15) is 0 Å². The SMILES string of the molecule is C=CN(C=C)C(=C)/C=C\C(=C)C. The fraction of sp³-hybridized carbons (Fsp3) is 0.0909. The summed E-state index contributed by atoms with van der Waals surface area (Å²) in [5.74, 6) is 0. The van der Waals surface area contributed by atoms with E-state index in [0.717, 1.165) is 11.3 Å². The van der Waals surface area contributed by atoms with Gasteiger partial charge >= 0.3 is 0 Å². The molecule has 0 aromatic carbocycles. The second-order valence-electron chi connectivity index (χ2n) is 2.44. The highest BCUT2D eigenvalue weighted by atomic mass is 15.1. The van der Waals surface area contributed by atoms with Crippen LogP contribution in [-0.2, 0) is 0 Å². The Kier molecular flexibility index (Phi) is 4.54. The van der Waals surface area contributed by atoms with Gasteiger partial charge in [0.25, 0.3) is 0 Å². The van der Waals surface area contributed by atoms with Crippen molar-refractivity contribution in [2.24, 2.45) is 0 Å². The molecule has 1 heteroatoms. The predicted molar refractivity (Wildman–Crippen MR) is 55.3 cm³/mol. The van der Waals surface area contributed by atoms with E-state index in [4.69, 9.17) is 0 Å². The number of allylic oxidation sites excluding steroid dienone is 3. The summed E-state index contributed by atoms with van der Waals surface area (Å²) < 4.78 is 0. The molecule has 12 heavy (non-hydrogen) atoms. The Morgan fingerprint density at radius 2 is 1.58 bits per heavy atom. The molecule has 0 saturated heterocycles. The lowest BCUT2D eigenvalue weighted by atomic mass is 10.3. The van der Waals surface area contributed by atoms with Gasteiger partial charge in [0.2, 0.25) is 0 Å². The van der Waals surface area contributed by atoms with E-state index in [0.29, 0.717) is 0 Å². The van der Waals surface area contributed by atoms with Crippen molar-refractivity contribution in [3.05, 3.63) is 62.1 Å². The van der Waals surface area contributed by atoms with Crippen LogP contribution >= 0.6 is 0 Å². The van der Waals surface area contributed by atoms with Crippen LogP contribution in [0.4, 0.5) is 0 Å². The molecule has 0 aliphatic heterocycles. The van der Waals surface area contributed by atoms with E-state index in [1.807, 2.05) is 19.1 Å². The van der Waals surface area contributed by atoms with Crippen LogP contribution in [0.15, 0.2) is 62.1 Å².